The SMILES string of the molecule is COc1ccc2nc3cc(Cl)ccc3c(C)c2c1. The standard InChI is InChI=1S/C15H12ClNO/c1-9-12-5-3-10(16)7-15(12)17-14-6-4-11(18-2)8-13(9)14/h3-8H,1-2H3. The van der Waals surface area contributed by atoms with Crippen molar-refractivity contribution >= 4 is 33.4 Å². The van der Waals surface area contributed by atoms with E-state index in [1.165, 1.54) is 5.56 Å². The van der Waals surface area contributed by atoms with E-state index >= 15 is 0 Å². The van der Waals surface area contributed by atoms with Gasteiger partial charge in [0.2, 0.25) is 0 Å². The number of rotatable bonds is 1. The average molecular weight is 258 g/mol. The van der Waals surface area contributed by atoms with Gasteiger partial charge in [-0.1, -0.05) is 17.7 Å². The maximum absolute atomic E-state index is 6.01. The minimum Gasteiger partial charge on any atom is -0.497 e. The van der Waals surface area contributed by atoms with Crippen LogP contribution in [-0.4, -0.2) is 12.1 Å². The molecule has 1 heterocycles. The van der Waals surface area contributed by atoms with Gasteiger partial charge in [-0.25, -0.2) is 4.98 Å². The monoisotopic (exact) mass is 257 g/mol. The van der Waals surface area contributed by atoms with Crippen molar-refractivity contribution in [3.8, 4) is 5.75 Å². The van der Waals surface area contributed by atoms with Crippen molar-refractivity contribution in [3.63, 3.8) is 0 Å². The van der Waals surface area contributed by atoms with Crippen LogP contribution in [0.3, 0.4) is 0 Å². The van der Waals surface area contributed by atoms with Gasteiger partial charge < -0.3 is 4.74 Å². The van der Waals surface area contributed by atoms with E-state index in [0.29, 0.717) is 5.02 Å². The van der Waals surface area contributed by atoms with Gasteiger partial charge in [-0.3, -0.25) is 0 Å². The number of aromatic nitrogens is 1. The zero-order chi connectivity index (χ0) is 12.7. The quantitative estimate of drug-likeness (QED) is 0.605. The summed E-state index contributed by atoms with van der Waals surface area (Å²) in [5, 5.41) is 2.95. The number of benzene rings is 2. The number of hydrogen-bond acceptors (Lipinski definition) is 2. The summed E-state index contributed by atoms with van der Waals surface area (Å²) in [7, 11) is 1.67. The van der Waals surface area contributed by atoms with E-state index in [0.717, 1.165) is 27.6 Å². The maximum atomic E-state index is 6.01. The molecule has 0 amide bonds. The first-order chi connectivity index (χ1) is 8.69. The smallest absolute Gasteiger partial charge is 0.119 e. The van der Waals surface area contributed by atoms with Gasteiger partial charge in [0.15, 0.2) is 0 Å². The number of nitrogens with zero attached hydrogens (tertiary/aromatic N) is 1. The second kappa shape index (κ2) is 4.14. The van der Waals surface area contributed by atoms with Gasteiger partial charge in [0.25, 0.3) is 0 Å². The van der Waals surface area contributed by atoms with Crippen LogP contribution in [0.4, 0.5) is 0 Å². The molecule has 3 rings (SSSR count). The van der Waals surface area contributed by atoms with Crippen LogP contribution in [0, 0.1) is 6.92 Å². The molecule has 0 aliphatic rings. The van der Waals surface area contributed by atoms with Crippen LogP contribution in [0.5, 0.6) is 5.75 Å². The van der Waals surface area contributed by atoms with Crippen LogP contribution < -0.4 is 4.74 Å². The first-order valence-electron chi connectivity index (χ1n) is 5.72. The van der Waals surface area contributed by atoms with Gasteiger partial charge in [-0.15, -0.1) is 0 Å². The second-order valence-corrected chi connectivity index (χ2v) is 4.72. The number of aryl methyl sites for hydroxylation is 1. The highest BCUT2D eigenvalue weighted by atomic mass is 35.5. The third-order valence-electron chi connectivity index (χ3n) is 3.21. The van der Waals surface area contributed by atoms with Crippen molar-refractivity contribution in [1.82, 2.24) is 4.98 Å². The molecule has 0 saturated heterocycles. The summed E-state index contributed by atoms with van der Waals surface area (Å²) in [6, 6.07) is 11.7. The largest absolute Gasteiger partial charge is 0.497 e. The minimum absolute atomic E-state index is 0.710. The van der Waals surface area contributed by atoms with Gasteiger partial charge in [0.1, 0.15) is 5.75 Å². The molecular formula is C15H12ClNO. The Morgan fingerprint density at radius 2 is 1.83 bits per heavy atom. The summed E-state index contributed by atoms with van der Waals surface area (Å²) in [5.74, 6) is 0.848. The molecule has 0 fully saturated rings. The topological polar surface area (TPSA) is 22.1 Å². The Bertz CT molecular complexity index is 752. The average Bonchev–Trinajstić information content (AvgIpc) is 2.38. The van der Waals surface area contributed by atoms with Crippen LogP contribution in [0.1, 0.15) is 5.56 Å². The molecule has 3 heteroatoms. The fraction of sp³-hybridized carbons (Fsp3) is 0.133. The van der Waals surface area contributed by atoms with Crippen LogP contribution in [0.2, 0.25) is 5.02 Å². The van der Waals surface area contributed by atoms with Gasteiger partial charge >= 0.3 is 0 Å². The molecule has 0 aliphatic heterocycles. The molecule has 90 valence electrons. The Kier molecular flexibility index (Phi) is 2.60. The molecule has 0 bridgehead atoms. The molecule has 1 aromatic heterocycles. The highest BCUT2D eigenvalue weighted by Gasteiger charge is 2.07. The Balaban J connectivity index is 2.44. The van der Waals surface area contributed by atoms with Gasteiger partial charge in [-0.05, 0) is 42.8 Å². The van der Waals surface area contributed by atoms with E-state index < -0.39 is 0 Å². The van der Waals surface area contributed by atoms with Gasteiger partial charge in [0.05, 0.1) is 18.1 Å². The van der Waals surface area contributed by atoms with Crippen LogP contribution >= 0.6 is 11.6 Å². The van der Waals surface area contributed by atoms with E-state index in [9.17, 15) is 0 Å². The van der Waals surface area contributed by atoms with Crippen molar-refractivity contribution in [3.05, 3.63) is 47.0 Å². The third-order valence-corrected chi connectivity index (χ3v) is 3.45. The number of ether oxygens (including phenoxy) is 1. The highest BCUT2D eigenvalue weighted by Crippen LogP contribution is 2.29. The van der Waals surface area contributed by atoms with Crippen LogP contribution in [-0.2, 0) is 0 Å². The van der Waals surface area contributed by atoms with E-state index in [4.69, 9.17) is 16.3 Å². The van der Waals surface area contributed by atoms with E-state index in [-0.39, 0.29) is 0 Å². The first kappa shape index (κ1) is 11.3. The van der Waals surface area contributed by atoms with E-state index in [1.54, 1.807) is 7.11 Å². The van der Waals surface area contributed by atoms with Crippen LogP contribution in [0.25, 0.3) is 21.8 Å². The molecule has 0 spiro atoms. The van der Waals surface area contributed by atoms with Crippen molar-refractivity contribution in [1.29, 1.82) is 0 Å². The van der Waals surface area contributed by atoms with Crippen molar-refractivity contribution in [2.75, 3.05) is 7.11 Å². The Morgan fingerprint density at radius 3 is 2.61 bits per heavy atom. The van der Waals surface area contributed by atoms with Crippen molar-refractivity contribution in [2.24, 2.45) is 0 Å². The molecule has 18 heavy (non-hydrogen) atoms. The predicted molar refractivity (Wildman–Crippen MR) is 75.5 cm³/mol. The van der Waals surface area contributed by atoms with Crippen molar-refractivity contribution < 1.29 is 4.74 Å². The first-order valence-corrected chi connectivity index (χ1v) is 6.10. The lowest BCUT2D eigenvalue weighted by atomic mass is 10.0. The molecule has 0 unspecified atom stereocenters. The fourth-order valence-electron chi connectivity index (χ4n) is 2.23. The number of methoxy groups -OCH3 is 1. The van der Waals surface area contributed by atoms with Gasteiger partial charge in [0, 0.05) is 15.8 Å². The number of pyridine rings is 1. The molecule has 0 N–H and O–H groups in total. The Labute approximate surface area is 110 Å². The molecule has 0 saturated carbocycles. The number of fused-ring (bicyclic) bond motifs is 2. The third kappa shape index (κ3) is 1.70. The molecular weight excluding hydrogens is 246 g/mol. The summed E-state index contributed by atoms with van der Waals surface area (Å²) >= 11 is 6.01. The molecule has 3 aromatic rings. The number of halogens is 1. The molecule has 0 aliphatic carbocycles. The molecule has 0 radical (unpaired) electrons. The second-order valence-electron chi connectivity index (χ2n) is 4.28. The summed E-state index contributed by atoms with van der Waals surface area (Å²) < 4.78 is 5.26. The zero-order valence-electron chi connectivity index (χ0n) is 10.2. The van der Waals surface area contributed by atoms with Crippen molar-refractivity contribution in [2.45, 2.75) is 6.92 Å². The summed E-state index contributed by atoms with van der Waals surface area (Å²) in [5.41, 5.74) is 3.09. The van der Waals surface area contributed by atoms with Crippen LogP contribution in [0.15, 0.2) is 36.4 Å². The fourth-order valence-corrected chi connectivity index (χ4v) is 2.40. The number of hydrogen-bond donors (Lipinski definition) is 0. The summed E-state index contributed by atoms with van der Waals surface area (Å²) in [6.45, 7) is 2.10. The maximum Gasteiger partial charge on any atom is 0.119 e. The Hall–Kier alpha value is -1.80. The lowest BCUT2D eigenvalue weighted by Crippen LogP contribution is -1.89. The summed E-state index contributed by atoms with van der Waals surface area (Å²) in [6.07, 6.45) is 0. The lowest BCUT2D eigenvalue weighted by Gasteiger charge is -2.08. The molecule has 0 atom stereocenters. The van der Waals surface area contributed by atoms with E-state index in [1.807, 2.05) is 36.4 Å². The predicted octanol–water partition coefficient (Wildman–Crippen LogP) is 4.36. The lowest BCUT2D eigenvalue weighted by molar-refractivity contribution is 0.415. The van der Waals surface area contributed by atoms with Gasteiger partial charge in [-0.2, -0.15) is 0 Å². The summed E-state index contributed by atoms with van der Waals surface area (Å²) in [4.78, 5) is 4.63. The minimum atomic E-state index is 0.710. The van der Waals surface area contributed by atoms with E-state index in [2.05, 4.69) is 11.9 Å². The molecule has 2 nitrogen and oxygen atoms in total. The zero-order valence-corrected chi connectivity index (χ0v) is 11.0. The highest BCUT2D eigenvalue weighted by molar-refractivity contribution is 6.31. The normalized spacial score (nSPS) is 11.1. The molecule has 2 aromatic carbocycles. The Morgan fingerprint density at radius 1 is 1.00 bits per heavy atom.